The molecular formula is C13H25NO2. The van der Waals surface area contributed by atoms with Crippen molar-refractivity contribution in [2.24, 2.45) is 5.92 Å². The summed E-state index contributed by atoms with van der Waals surface area (Å²) in [5, 5.41) is 3.61. The summed E-state index contributed by atoms with van der Waals surface area (Å²) in [4.78, 5) is 0. The molecule has 0 amide bonds. The molecular weight excluding hydrogens is 202 g/mol. The summed E-state index contributed by atoms with van der Waals surface area (Å²) in [5.41, 5.74) is 0. The predicted molar refractivity (Wildman–Crippen MR) is 64.6 cm³/mol. The van der Waals surface area contributed by atoms with Crippen LogP contribution in [0.4, 0.5) is 0 Å². The summed E-state index contributed by atoms with van der Waals surface area (Å²) in [7, 11) is 0. The molecule has 4 atom stereocenters. The summed E-state index contributed by atoms with van der Waals surface area (Å²) >= 11 is 0. The minimum Gasteiger partial charge on any atom is -0.381 e. The molecule has 0 spiro atoms. The third-order valence-electron chi connectivity index (χ3n) is 3.81. The van der Waals surface area contributed by atoms with Crippen LogP contribution < -0.4 is 5.32 Å². The zero-order chi connectivity index (χ0) is 11.4. The van der Waals surface area contributed by atoms with Gasteiger partial charge >= 0.3 is 0 Å². The quantitative estimate of drug-likeness (QED) is 0.796. The van der Waals surface area contributed by atoms with E-state index >= 15 is 0 Å². The van der Waals surface area contributed by atoms with Gasteiger partial charge < -0.3 is 14.8 Å². The highest BCUT2D eigenvalue weighted by molar-refractivity contribution is 4.88. The molecule has 2 rings (SSSR count). The zero-order valence-corrected chi connectivity index (χ0v) is 10.6. The van der Waals surface area contributed by atoms with Crippen molar-refractivity contribution >= 4 is 0 Å². The molecule has 94 valence electrons. The Morgan fingerprint density at radius 1 is 1.31 bits per heavy atom. The second kappa shape index (κ2) is 5.99. The smallest absolute Gasteiger partial charge is 0.0736 e. The molecule has 0 bridgehead atoms. The van der Waals surface area contributed by atoms with E-state index in [0.717, 1.165) is 19.8 Å². The van der Waals surface area contributed by atoms with Crippen molar-refractivity contribution in [3.63, 3.8) is 0 Å². The molecule has 0 aromatic heterocycles. The van der Waals surface area contributed by atoms with Crippen LogP contribution in [0.15, 0.2) is 0 Å². The molecule has 2 aliphatic rings. The van der Waals surface area contributed by atoms with Crippen molar-refractivity contribution in [2.75, 3.05) is 19.8 Å². The van der Waals surface area contributed by atoms with Gasteiger partial charge in [-0.2, -0.15) is 0 Å². The number of hydrogen-bond donors (Lipinski definition) is 1. The highest BCUT2D eigenvalue weighted by Crippen LogP contribution is 2.28. The fourth-order valence-corrected chi connectivity index (χ4v) is 2.98. The van der Waals surface area contributed by atoms with Crippen molar-refractivity contribution in [3.05, 3.63) is 0 Å². The first-order valence-electron chi connectivity index (χ1n) is 6.78. The van der Waals surface area contributed by atoms with Gasteiger partial charge in [0.1, 0.15) is 0 Å². The van der Waals surface area contributed by atoms with Gasteiger partial charge in [-0.3, -0.25) is 0 Å². The van der Waals surface area contributed by atoms with Gasteiger partial charge in [0.25, 0.3) is 0 Å². The highest BCUT2D eigenvalue weighted by Gasteiger charge is 2.35. The molecule has 0 saturated carbocycles. The van der Waals surface area contributed by atoms with E-state index < -0.39 is 0 Å². The van der Waals surface area contributed by atoms with Crippen LogP contribution in [0, 0.1) is 5.92 Å². The lowest BCUT2D eigenvalue weighted by atomic mass is 9.89. The number of nitrogens with one attached hydrogen (secondary N) is 1. The Morgan fingerprint density at radius 3 is 2.75 bits per heavy atom. The first-order valence-corrected chi connectivity index (χ1v) is 6.78. The minimum atomic E-state index is 0.404. The molecule has 0 aromatic rings. The van der Waals surface area contributed by atoms with E-state index in [1.165, 1.54) is 25.7 Å². The Bertz CT molecular complexity index is 199. The number of hydrogen-bond acceptors (Lipinski definition) is 3. The van der Waals surface area contributed by atoms with E-state index in [1.807, 2.05) is 0 Å². The lowest BCUT2D eigenvalue weighted by Gasteiger charge is -2.34. The summed E-state index contributed by atoms with van der Waals surface area (Å²) in [6.07, 6.45) is 5.74. The molecule has 3 nitrogen and oxygen atoms in total. The zero-order valence-electron chi connectivity index (χ0n) is 10.6. The van der Waals surface area contributed by atoms with Crippen LogP contribution in [-0.4, -0.2) is 38.0 Å². The standard InChI is InChI=1S/C13H25NO2/c1-3-14-13(11-5-4-8-15-9-11)12-7-6-10(2)16-12/h10-14H,3-9H2,1-2H3. The maximum atomic E-state index is 6.01. The van der Waals surface area contributed by atoms with Crippen molar-refractivity contribution < 1.29 is 9.47 Å². The van der Waals surface area contributed by atoms with E-state index in [2.05, 4.69) is 19.2 Å². The third-order valence-corrected chi connectivity index (χ3v) is 3.81. The third kappa shape index (κ3) is 2.96. The maximum Gasteiger partial charge on any atom is 0.0736 e. The Morgan fingerprint density at radius 2 is 2.19 bits per heavy atom. The van der Waals surface area contributed by atoms with Crippen LogP contribution in [0.3, 0.4) is 0 Å². The summed E-state index contributed by atoms with van der Waals surface area (Å²) in [6.45, 7) is 7.23. The van der Waals surface area contributed by atoms with Gasteiger partial charge in [-0.25, -0.2) is 0 Å². The fourth-order valence-electron chi connectivity index (χ4n) is 2.98. The van der Waals surface area contributed by atoms with Gasteiger partial charge in [-0.1, -0.05) is 6.92 Å². The molecule has 2 saturated heterocycles. The van der Waals surface area contributed by atoms with Gasteiger partial charge in [0, 0.05) is 18.6 Å². The van der Waals surface area contributed by atoms with Gasteiger partial charge in [-0.15, -0.1) is 0 Å². The Kier molecular flexibility index (Phi) is 4.62. The molecule has 1 N–H and O–H groups in total. The summed E-state index contributed by atoms with van der Waals surface area (Å²) in [5.74, 6) is 0.643. The largest absolute Gasteiger partial charge is 0.381 e. The first-order chi connectivity index (χ1) is 7.81. The van der Waals surface area contributed by atoms with Crippen LogP contribution in [-0.2, 0) is 9.47 Å². The van der Waals surface area contributed by atoms with E-state index in [9.17, 15) is 0 Å². The van der Waals surface area contributed by atoms with Crippen molar-refractivity contribution in [3.8, 4) is 0 Å². The van der Waals surface area contributed by atoms with Crippen LogP contribution in [0.25, 0.3) is 0 Å². The van der Waals surface area contributed by atoms with E-state index in [-0.39, 0.29) is 0 Å². The lowest BCUT2D eigenvalue weighted by Crippen LogP contribution is -2.48. The second-order valence-electron chi connectivity index (χ2n) is 5.12. The van der Waals surface area contributed by atoms with Crippen LogP contribution in [0.5, 0.6) is 0 Å². The van der Waals surface area contributed by atoms with Gasteiger partial charge in [0.2, 0.25) is 0 Å². The fraction of sp³-hybridized carbons (Fsp3) is 1.00. The van der Waals surface area contributed by atoms with E-state index in [4.69, 9.17) is 9.47 Å². The predicted octanol–water partition coefficient (Wildman–Crippen LogP) is 1.96. The lowest BCUT2D eigenvalue weighted by molar-refractivity contribution is -0.0201. The SMILES string of the molecule is CCNC(C1CCCOC1)C1CCC(C)O1. The van der Waals surface area contributed by atoms with Crippen LogP contribution >= 0.6 is 0 Å². The minimum absolute atomic E-state index is 0.404. The van der Waals surface area contributed by atoms with Gasteiger partial charge in [0.05, 0.1) is 18.8 Å². The van der Waals surface area contributed by atoms with Crippen molar-refractivity contribution in [2.45, 2.75) is 57.8 Å². The molecule has 2 fully saturated rings. The van der Waals surface area contributed by atoms with Gasteiger partial charge in [0.15, 0.2) is 0 Å². The highest BCUT2D eigenvalue weighted by atomic mass is 16.5. The Balaban J connectivity index is 1.92. The molecule has 4 unspecified atom stereocenters. The van der Waals surface area contributed by atoms with Crippen LogP contribution in [0.2, 0.25) is 0 Å². The van der Waals surface area contributed by atoms with Crippen molar-refractivity contribution in [1.82, 2.24) is 5.32 Å². The molecule has 0 aliphatic carbocycles. The van der Waals surface area contributed by atoms with E-state index in [1.54, 1.807) is 0 Å². The molecule has 3 heteroatoms. The molecule has 2 heterocycles. The van der Waals surface area contributed by atoms with Crippen LogP contribution in [0.1, 0.15) is 39.5 Å². The number of likely N-dealkylation sites (N-methyl/N-ethyl adjacent to an activating group) is 1. The Hall–Kier alpha value is -0.120. The average Bonchev–Trinajstić information content (AvgIpc) is 2.74. The molecule has 16 heavy (non-hydrogen) atoms. The van der Waals surface area contributed by atoms with Crippen molar-refractivity contribution in [1.29, 1.82) is 0 Å². The summed E-state index contributed by atoms with van der Waals surface area (Å²) in [6, 6.07) is 0.496. The topological polar surface area (TPSA) is 30.5 Å². The second-order valence-corrected chi connectivity index (χ2v) is 5.12. The first kappa shape index (κ1) is 12.3. The molecule has 2 aliphatic heterocycles. The van der Waals surface area contributed by atoms with E-state index in [0.29, 0.717) is 24.2 Å². The normalized spacial score (nSPS) is 37.5. The molecule has 0 aromatic carbocycles. The number of rotatable bonds is 4. The summed E-state index contributed by atoms with van der Waals surface area (Å²) < 4.78 is 11.6. The Labute approximate surface area is 98.9 Å². The number of ether oxygens (including phenoxy) is 2. The molecule has 0 radical (unpaired) electrons. The maximum absolute atomic E-state index is 6.01. The monoisotopic (exact) mass is 227 g/mol. The van der Waals surface area contributed by atoms with Gasteiger partial charge in [-0.05, 0) is 39.2 Å². The average molecular weight is 227 g/mol.